The Labute approximate surface area is 111 Å². The summed E-state index contributed by atoms with van der Waals surface area (Å²) in [7, 11) is 0. The molecule has 0 spiro atoms. The van der Waals surface area contributed by atoms with Gasteiger partial charge in [-0.25, -0.2) is 0 Å². The molecule has 0 saturated carbocycles. The van der Waals surface area contributed by atoms with Gasteiger partial charge in [-0.05, 0) is 36.8 Å². The zero-order chi connectivity index (χ0) is 13.8. The van der Waals surface area contributed by atoms with E-state index in [1.807, 2.05) is 6.92 Å². The lowest BCUT2D eigenvalue weighted by atomic mass is 9.77. The maximum Gasteiger partial charge on any atom is 0.227 e. The molecule has 18 heavy (non-hydrogen) atoms. The van der Waals surface area contributed by atoms with Crippen LogP contribution in [0.1, 0.15) is 51.7 Å². The Hall–Kier alpha value is -1.31. The van der Waals surface area contributed by atoms with E-state index >= 15 is 0 Å². The molecule has 0 radical (unpaired) electrons. The molecule has 1 aromatic rings. The first-order valence-corrected chi connectivity index (χ1v) is 6.79. The molecule has 0 bridgehead atoms. The lowest BCUT2D eigenvalue weighted by molar-refractivity contribution is -0.123. The molecule has 0 saturated heterocycles. The molecule has 1 unspecified atom stereocenters. The summed E-state index contributed by atoms with van der Waals surface area (Å²) in [6.07, 6.45) is 2.82. The number of carbonyl (C=O) groups is 1. The zero-order valence-electron chi connectivity index (χ0n) is 12.0. The molecule has 1 amide bonds. The maximum absolute atomic E-state index is 11.7. The van der Waals surface area contributed by atoms with Gasteiger partial charge in [-0.15, -0.1) is 0 Å². The predicted molar refractivity (Wildman–Crippen MR) is 76.4 cm³/mol. The van der Waals surface area contributed by atoms with Crippen molar-refractivity contribution in [3.8, 4) is 0 Å². The van der Waals surface area contributed by atoms with E-state index in [1.165, 1.54) is 5.56 Å². The summed E-state index contributed by atoms with van der Waals surface area (Å²) in [5.74, 6) is 0.412. The standard InChI is InChI=1S/C16H25NO/c1-5-10-16(4,15(17)18)14-8-6-13(7-9-14)11-12(2)3/h6-9,12H,5,10-11H2,1-4H3,(H2,17,18). The van der Waals surface area contributed by atoms with Crippen LogP contribution in [0.3, 0.4) is 0 Å². The Morgan fingerprint density at radius 1 is 1.28 bits per heavy atom. The second-order valence-electron chi connectivity index (χ2n) is 5.74. The summed E-state index contributed by atoms with van der Waals surface area (Å²) in [4.78, 5) is 11.7. The normalized spacial score (nSPS) is 14.5. The van der Waals surface area contributed by atoms with Gasteiger partial charge in [-0.1, -0.05) is 51.5 Å². The van der Waals surface area contributed by atoms with Gasteiger partial charge < -0.3 is 5.73 Å². The lowest BCUT2D eigenvalue weighted by Crippen LogP contribution is -2.38. The van der Waals surface area contributed by atoms with Gasteiger partial charge in [-0.3, -0.25) is 4.79 Å². The number of carbonyl (C=O) groups excluding carboxylic acids is 1. The highest BCUT2D eigenvalue weighted by molar-refractivity contribution is 5.86. The molecule has 0 heterocycles. The fourth-order valence-corrected chi connectivity index (χ4v) is 2.39. The molecule has 0 aromatic heterocycles. The number of hydrogen-bond acceptors (Lipinski definition) is 1. The van der Waals surface area contributed by atoms with Crippen LogP contribution < -0.4 is 5.73 Å². The highest BCUT2D eigenvalue weighted by Crippen LogP contribution is 2.29. The van der Waals surface area contributed by atoms with Gasteiger partial charge in [0.15, 0.2) is 0 Å². The van der Waals surface area contributed by atoms with E-state index in [2.05, 4.69) is 45.0 Å². The van der Waals surface area contributed by atoms with Crippen LogP contribution in [-0.2, 0) is 16.6 Å². The third kappa shape index (κ3) is 3.34. The van der Waals surface area contributed by atoms with E-state index in [9.17, 15) is 4.79 Å². The van der Waals surface area contributed by atoms with Crippen LogP contribution in [0, 0.1) is 5.92 Å². The minimum Gasteiger partial charge on any atom is -0.369 e. The predicted octanol–water partition coefficient (Wildman–Crippen LogP) is 3.43. The van der Waals surface area contributed by atoms with Gasteiger partial charge in [0.1, 0.15) is 0 Å². The summed E-state index contributed by atoms with van der Waals surface area (Å²) >= 11 is 0. The van der Waals surface area contributed by atoms with E-state index in [1.54, 1.807) is 0 Å². The Morgan fingerprint density at radius 3 is 2.22 bits per heavy atom. The van der Waals surface area contributed by atoms with Gasteiger partial charge in [0.25, 0.3) is 0 Å². The largest absolute Gasteiger partial charge is 0.369 e. The summed E-state index contributed by atoms with van der Waals surface area (Å²) in [5.41, 5.74) is 7.38. The monoisotopic (exact) mass is 247 g/mol. The molecule has 0 aliphatic heterocycles. The van der Waals surface area contributed by atoms with Crippen LogP contribution in [0.4, 0.5) is 0 Å². The van der Waals surface area contributed by atoms with E-state index < -0.39 is 5.41 Å². The highest BCUT2D eigenvalue weighted by atomic mass is 16.1. The summed E-state index contributed by atoms with van der Waals surface area (Å²) < 4.78 is 0. The number of nitrogens with two attached hydrogens (primary N) is 1. The first-order valence-electron chi connectivity index (χ1n) is 6.79. The summed E-state index contributed by atoms with van der Waals surface area (Å²) in [6, 6.07) is 8.34. The number of benzene rings is 1. The first kappa shape index (κ1) is 14.7. The minimum absolute atomic E-state index is 0.235. The topological polar surface area (TPSA) is 43.1 Å². The molecule has 1 aromatic carbocycles. The molecule has 2 N–H and O–H groups in total. The number of rotatable bonds is 6. The Balaban J connectivity index is 2.97. The van der Waals surface area contributed by atoms with Gasteiger partial charge in [0, 0.05) is 0 Å². The van der Waals surface area contributed by atoms with E-state index in [4.69, 9.17) is 5.73 Å². The molecule has 0 aliphatic carbocycles. The quantitative estimate of drug-likeness (QED) is 0.822. The average Bonchev–Trinajstić information content (AvgIpc) is 2.29. The van der Waals surface area contributed by atoms with Crippen LogP contribution in [0.5, 0.6) is 0 Å². The Bertz CT molecular complexity index is 394. The van der Waals surface area contributed by atoms with Crippen molar-refractivity contribution in [2.45, 2.75) is 52.4 Å². The molecular formula is C16H25NO. The van der Waals surface area contributed by atoms with Crippen molar-refractivity contribution >= 4 is 5.91 Å². The van der Waals surface area contributed by atoms with Crippen molar-refractivity contribution in [3.63, 3.8) is 0 Å². The van der Waals surface area contributed by atoms with Crippen molar-refractivity contribution in [2.75, 3.05) is 0 Å². The Kier molecular flexibility index (Phi) is 4.94. The van der Waals surface area contributed by atoms with Crippen molar-refractivity contribution < 1.29 is 4.79 Å². The van der Waals surface area contributed by atoms with Gasteiger partial charge in [0.2, 0.25) is 5.91 Å². The molecule has 2 heteroatoms. The summed E-state index contributed by atoms with van der Waals surface area (Å²) in [6.45, 7) is 8.43. The van der Waals surface area contributed by atoms with Crippen molar-refractivity contribution in [2.24, 2.45) is 11.7 Å². The molecule has 1 rings (SSSR count). The smallest absolute Gasteiger partial charge is 0.227 e. The minimum atomic E-state index is -0.537. The van der Waals surface area contributed by atoms with Crippen LogP contribution in [0.2, 0.25) is 0 Å². The Morgan fingerprint density at radius 2 is 1.83 bits per heavy atom. The molecular weight excluding hydrogens is 222 g/mol. The van der Waals surface area contributed by atoms with E-state index in [-0.39, 0.29) is 5.91 Å². The second-order valence-corrected chi connectivity index (χ2v) is 5.74. The fourth-order valence-electron chi connectivity index (χ4n) is 2.39. The lowest BCUT2D eigenvalue weighted by Gasteiger charge is -2.26. The van der Waals surface area contributed by atoms with Gasteiger partial charge in [0.05, 0.1) is 5.41 Å². The molecule has 0 aliphatic rings. The van der Waals surface area contributed by atoms with Crippen molar-refractivity contribution in [1.29, 1.82) is 0 Å². The molecule has 0 fully saturated rings. The van der Waals surface area contributed by atoms with E-state index in [0.717, 1.165) is 24.8 Å². The number of hydrogen-bond donors (Lipinski definition) is 1. The third-order valence-electron chi connectivity index (χ3n) is 3.53. The van der Waals surface area contributed by atoms with Crippen molar-refractivity contribution in [3.05, 3.63) is 35.4 Å². The zero-order valence-corrected chi connectivity index (χ0v) is 12.0. The van der Waals surface area contributed by atoms with Gasteiger partial charge in [-0.2, -0.15) is 0 Å². The van der Waals surface area contributed by atoms with Crippen LogP contribution in [-0.4, -0.2) is 5.91 Å². The molecule has 1 atom stereocenters. The number of amides is 1. The SMILES string of the molecule is CCCC(C)(C(N)=O)c1ccc(CC(C)C)cc1. The fraction of sp³-hybridized carbons (Fsp3) is 0.562. The third-order valence-corrected chi connectivity index (χ3v) is 3.53. The molecule has 2 nitrogen and oxygen atoms in total. The highest BCUT2D eigenvalue weighted by Gasteiger charge is 2.31. The number of primary amides is 1. The maximum atomic E-state index is 11.7. The van der Waals surface area contributed by atoms with Crippen molar-refractivity contribution in [1.82, 2.24) is 0 Å². The summed E-state index contributed by atoms with van der Waals surface area (Å²) in [5, 5.41) is 0. The molecule has 100 valence electrons. The van der Waals surface area contributed by atoms with Crippen LogP contribution in [0.15, 0.2) is 24.3 Å². The van der Waals surface area contributed by atoms with Crippen LogP contribution in [0.25, 0.3) is 0 Å². The second kappa shape index (κ2) is 6.03. The average molecular weight is 247 g/mol. The van der Waals surface area contributed by atoms with Gasteiger partial charge >= 0.3 is 0 Å². The van der Waals surface area contributed by atoms with E-state index in [0.29, 0.717) is 5.92 Å². The first-order chi connectivity index (χ1) is 8.40. The van der Waals surface area contributed by atoms with Crippen LogP contribution >= 0.6 is 0 Å².